The summed E-state index contributed by atoms with van der Waals surface area (Å²) in [6.45, 7) is 5.21. The van der Waals surface area contributed by atoms with Crippen molar-refractivity contribution in [3.8, 4) is 0 Å². The van der Waals surface area contributed by atoms with E-state index in [2.05, 4.69) is 39.6 Å². The van der Waals surface area contributed by atoms with E-state index in [0.717, 1.165) is 25.1 Å². The second-order valence-electron chi connectivity index (χ2n) is 5.29. The number of rotatable bonds is 5. The summed E-state index contributed by atoms with van der Waals surface area (Å²) in [4.78, 5) is 0. The smallest absolute Gasteiger partial charge is 0.0766 e. The van der Waals surface area contributed by atoms with Gasteiger partial charge in [-0.15, -0.1) is 0 Å². The highest BCUT2D eigenvalue weighted by Crippen LogP contribution is 2.30. The lowest BCUT2D eigenvalue weighted by atomic mass is 9.95. The predicted octanol–water partition coefficient (Wildman–Crippen LogP) is 3.29. The standard InChI is InChI=1S/C14H24BrN3/c1-3-12-14(15)13(18(4-2)17-12)9-11(16)10-7-5-6-8-10/h10-11H,3-9,16H2,1-2H3. The van der Waals surface area contributed by atoms with Crippen molar-refractivity contribution in [2.75, 3.05) is 0 Å². The molecule has 0 aromatic carbocycles. The van der Waals surface area contributed by atoms with Crippen molar-refractivity contribution in [1.82, 2.24) is 9.78 Å². The van der Waals surface area contributed by atoms with E-state index in [1.807, 2.05) is 0 Å². The van der Waals surface area contributed by atoms with Crippen LogP contribution in [0.5, 0.6) is 0 Å². The largest absolute Gasteiger partial charge is 0.327 e. The molecule has 0 bridgehead atoms. The number of halogens is 1. The van der Waals surface area contributed by atoms with Crippen molar-refractivity contribution >= 4 is 15.9 Å². The quantitative estimate of drug-likeness (QED) is 0.906. The summed E-state index contributed by atoms with van der Waals surface area (Å²) < 4.78 is 3.29. The molecule has 1 saturated carbocycles. The SMILES string of the molecule is CCc1nn(CC)c(CC(N)C2CCCC2)c1Br. The van der Waals surface area contributed by atoms with Gasteiger partial charge in [0.05, 0.1) is 15.9 Å². The molecule has 1 fully saturated rings. The van der Waals surface area contributed by atoms with Crippen molar-refractivity contribution in [1.29, 1.82) is 0 Å². The minimum Gasteiger partial charge on any atom is -0.327 e. The Morgan fingerprint density at radius 1 is 1.39 bits per heavy atom. The fraction of sp³-hybridized carbons (Fsp3) is 0.786. The van der Waals surface area contributed by atoms with Crippen LogP contribution in [-0.4, -0.2) is 15.8 Å². The Kier molecular flexibility index (Phi) is 4.84. The molecule has 102 valence electrons. The predicted molar refractivity (Wildman–Crippen MR) is 78.6 cm³/mol. The van der Waals surface area contributed by atoms with E-state index in [-0.39, 0.29) is 6.04 Å². The first-order valence-corrected chi connectivity index (χ1v) is 7.96. The second-order valence-corrected chi connectivity index (χ2v) is 6.08. The fourth-order valence-electron chi connectivity index (χ4n) is 2.99. The van der Waals surface area contributed by atoms with Gasteiger partial charge in [0.1, 0.15) is 0 Å². The first-order valence-electron chi connectivity index (χ1n) is 7.17. The Hall–Kier alpha value is -0.350. The second kappa shape index (κ2) is 6.20. The maximum absolute atomic E-state index is 6.39. The van der Waals surface area contributed by atoms with Gasteiger partial charge in [-0.3, -0.25) is 4.68 Å². The number of aromatic nitrogens is 2. The topological polar surface area (TPSA) is 43.8 Å². The third-order valence-corrected chi connectivity index (χ3v) is 5.04. The van der Waals surface area contributed by atoms with Crippen molar-refractivity contribution in [2.45, 2.75) is 65.0 Å². The van der Waals surface area contributed by atoms with Crippen molar-refractivity contribution < 1.29 is 0 Å². The van der Waals surface area contributed by atoms with E-state index in [9.17, 15) is 0 Å². The van der Waals surface area contributed by atoms with Crippen LogP contribution in [0.2, 0.25) is 0 Å². The molecule has 18 heavy (non-hydrogen) atoms. The van der Waals surface area contributed by atoms with Crippen LogP contribution < -0.4 is 5.73 Å². The van der Waals surface area contributed by atoms with E-state index in [4.69, 9.17) is 5.73 Å². The summed E-state index contributed by atoms with van der Waals surface area (Å²) in [6.07, 6.45) is 7.24. The lowest BCUT2D eigenvalue weighted by Gasteiger charge is -2.19. The minimum atomic E-state index is 0.288. The molecule has 3 nitrogen and oxygen atoms in total. The minimum absolute atomic E-state index is 0.288. The first kappa shape index (κ1) is 14.1. The van der Waals surface area contributed by atoms with E-state index in [1.54, 1.807) is 0 Å². The van der Waals surface area contributed by atoms with Crippen LogP contribution in [0.4, 0.5) is 0 Å². The highest BCUT2D eigenvalue weighted by Gasteiger charge is 2.25. The van der Waals surface area contributed by atoms with Crippen LogP contribution in [0.1, 0.15) is 50.9 Å². The number of hydrogen-bond donors (Lipinski definition) is 1. The van der Waals surface area contributed by atoms with Crippen LogP contribution in [0.15, 0.2) is 4.47 Å². The summed E-state index contributed by atoms with van der Waals surface area (Å²) in [5.41, 5.74) is 8.84. The zero-order valence-corrected chi connectivity index (χ0v) is 13.0. The average molecular weight is 314 g/mol. The molecule has 0 aliphatic heterocycles. The van der Waals surface area contributed by atoms with Gasteiger partial charge in [-0.1, -0.05) is 19.8 Å². The Morgan fingerprint density at radius 3 is 2.61 bits per heavy atom. The van der Waals surface area contributed by atoms with E-state index in [0.29, 0.717) is 5.92 Å². The number of nitrogens with zero attached hydrogens (tertiary/aromatic N) is 2. The molecular weight excluding hydrogens is 290 g/mol. The van der Waals surface area contributed by atoms with Gasteiger partial charge < -0.3 is 5.73 Å². The maximum atomic E-state index is 6.39. The van der Waals surface area contributed by atoms with Gasteiger partial charge in [-0.25, -0.2) is 0 Å². The molecule has 4 heteroatoms. The third-order valence-electron chi connectivity index (χ3n) is 4.13. The molecule has 0 amide bonds. The van der Waals surface area contributed by atoms with Gasteiger partial charge in [0.25, 0.3) is 0 Å². The first-order chi connectivity index (χ1) is 8.67. The molecule has 0 spiro atoms. The molecule has 1 atom stereocenters. The van der Waals surface area contributed by atoms with E-state index < -0.39 is 0 Å². The van der Waals surface area contributed by atoms with Crippen LogP contribution in [-0.2, 0) is 19.4 Å². The molecule has 1 unspecified atom stereocenters. The Morgan fingerprint density at radius 2 is 2.06 bits per heavy atom. The molecule has 0 radical (unpaired) electrons. The summed E-state index contributed by atoms with van der Waals surface area (Å²) in [6, 6.07) is 0.288. The molecule has 1 aromatic heterocycles. The average Bonchev–Trinajstić information content (AvgIpc) is 2.99. The van der Waals surface area contributed by atoms with Crippen molar-refractivity contribution in [3.05, 3.63) is 15.9 Å². The monoisotopic (exact) mass is 313 g/mol. The molecule has 0 saturated heterocycles. The van der Waals surface area contributed by atoms with Crippen molar-refractivity contribution in [2.24, 2.45) is 11.7 Å². The third kappa shape index (κ3) is 2.80. The summed E-state index contributed by atoms with van der Waals surface area (Å²) in [5, 5.41) is 4.64. The highest BCUT2D eigenvalue weighted by atomic mass is 79.9. The fourth-order valence-corrected chi connectivity index (χ4v) is 3.71. The number of aryl methyl sites for hydroxylation is 2. The van der Waals surface area contributed by atoms with Crippen molar-refractivity contribution in [3.63, 3.8) is 0 Å². The molecule has 1 aliphatic rings. The van der Waals surface area contributed by atoms with Gasteiger partial charge in [0, 0.05) is 19.0 Å². The van der Waals surface area contributed by atoms with Gasteiger partial charge >= 0.3 is 0 Å². The molecule has 1 heterocycles. The molecule has 2 rings (SSSR count). The van der Waals surface area contributed by atoms with Crippen LogP contribution in [0.3, 0.4) is 0 Å². The normalized spacial score (nSPS) is 18.4. The zero-order valence-electron chi connectivity index (χ0n) is 11.5. The zero-order chi connectivity index (χ0) is 13.1. The maximum Gasteiger partial charge on any atom is 0.0766 e. The molecule has 2 N–H and O–H groups in total. The van der Waals surface area contributed by atoms with Crippen LogP contribution in [0.25, 0.3) is 0 Å². The van der Waals surface area contributed by atoms with Gasteiger partial charge in [-0.05, 0) is 48.0 Å². The number of nitrogens with two attached hydrogens (primary N) is 1. The Labute approximate surface area is 118 Å². The summed E-state index contributed by atoms with van der Waals surface area (Å²) >= 11 is 3.70. The Bertz CT molecular complexity index is 394. The highest BCUT2D eigenvalue weighted by molar-refractivity contribution is 9.10. The summed E-state index contributed by atoms with van der Waals surface area (Å²) in [7, 11) is 0. The Balaban J connectivity index is 2.14. The molecular formula is C14H24BrN3. The molecule has 1 aliphatic carbocycles. The van der Waals surface area contributed by atoms with Gasteiger partial charge in [0.15, 0.2) is 0 Å². The molecule has 1 aromatic rings. The van der Waals surface area contributed by atoms with Gasteiger partial charge in [-0.2, -0.15) is 5.10 Å². The van der Waals surface area contributed by atoms with Gasteiger partial charge in [0.2, 0.25) is 0 Å². The number of hydrogen-bond acceptors (Lipinski definition) is 2. The van der Waals surface area contributed by atoms with Crippen LogP contribution >= 0.6 is 15.9 Å². The van der Waals surface area contributed by atoms with E-state index in [1.165, 1.54) is 35.8 Å². The lowest BCUT2D eigenvalue weighted by Crippen LogP contribution is -2.31. The summed E-state index contributed by atoms with van der Waals surface area (Å²) in [5.74, 6) is 0.710. The van der Waals surface area contributed by atoms with Crippen LogP contribution in [0, 0.1) is 5.92 Å². The van der Waals surface area contributed by atoms with E-state index >= 15 is 0 Å². The lowest BCUT2D eigenvalue weighted by molar-refractivity contribution is 0.418.